The van der Waals surface area contributed by atoms with E-state index in [1.807, 2.05) is 0 Å². The largest absolute Gasteiger partial charge is 0.294 e. The van der Waals surface area contributed by atoms with E-state index in [0.29, 0.717) is 0 Å². The summed E-state index contributed by atoms with van der Waals surface area (Å²) in [4.78, 5) is 0. The van der Waals surface area contributed by atoms with E-state index in [-0.39, 0.29) is 6.67 Å². The van der Waals surface area contributed by atoms with Gasteiger partial charge in [0, 0.05) is 0 Å². The zero-order chi connectivity index (χ0) is 5.49. The van der Waals surface area contributed by atoms with Gasteiger partial charge in [0.05, 0.1) is 6.67 Å². The van der Waals surface area contributed by atoms with Crippen molar-refractivity contribution in [1.82, 2.24) is 9.14 Å². The van der Waals surface area contributed by atoms with Crippen molar-refractivity contribution in [3.8, 4) is 0 Å². The van der Waals surface area contributed by atoms with Gasteiger partial charge in [-0.25, -0.2) is 0 Å². The number of hydrogen-bond acceptors (Lipinski definition) is 3. The Morgan fingerprint density at radius 1 is 1.71 bits per heavy atom. The molecular weight excluding hydrogens is 118 g/mol. The molecule has 0 spiro atoms. The Labute approximate surface area is 41.2 Å². The van der Waals surface area contributed by atoms with Gasteiger partial charge in [0.2, 0.25) is 0 Å². The predicted octanol–water partition coefficient (Wildman–Crippen LogP) is -2.03. The van der Waals surface area contributed by atoms with Crippen LogP contribution in [0.25, 0.3) is 0 Å². The Balaban J connectivity index is 2.79. The van der Waals surface area contributed by atoms with E-state index in [9.17, 15) is 8.42 Å². The molecule has 1 saturated heterocycles. The van der Waals surface area contributed by atoms with E-state index in [1.54, 1.807) is 0 Å². The van der Waals surface area contributed by atoms with Crippen molar-refractivity contribution in [2.45, 2.75) is 0 Å². The molecular formula is CH5N3O2S. The van der Waals surface area contributed by atoms with Crippen molar-refractivity contribution in [2.24, 2.45) is 5.84 Å². The number of nitrogens with one attached hydrogen (secondary N) is 1. The lowest BCUT2D eigenvalue weighted by Gasteiger charge is -2.25. The van der Waals surface area contributed by atoms with Crippen LogP contribution in [0.4, 0.5) is 0 Å². The van der Waals surface area contributed by atoms with Gasteiger partial charge in [-0.2, -0.15) is 13.1 Å². The third-order valence-electron chi connectivity index (χ3n) is 0.712. The van der Waals surface area contributed by atoms with Gasteiger partial charge in [0.25, 0.3) is 10.2 Å². The highest BCUT2D eigenvalue weighted by atomic mass is 32.2. The van der Waals surface area contributed by atoms with Crippen molar-refractivity contribution in [3.63, 3.8) is 0 Å². The lowest BCUT2D eigenvalue weighted by molar-refractivity contribution is 0.352. The smallest absolute Gasteiger partial charge is 0.253 e. The van der Waals surface area contributed by atoms with Crippen LogP contribution in [0, 0.1) is 0 Å². The zero-order valence-corrected chi connectivity index (χ0v) is 4.27. The van der Waals surface area contributed by atoms with Gasteiger partial charge in [-0.05, 0) is 0 Å². The summed E-state index contributed by atoms with van der Waals surface area (Å²) in [5, 5.41) is 0. The molecule has 6 heteroatoms. The molecule has 0 atom stereocenters. The maximum atomic E-state index is 10.1. The molecule has 1 rings (SSSR count). The maximum Gasteiger partial charge on any atom is 0.294 e. The number of nitrogens with zero attached hydrogens (tertiary/aromatic N) is 1. The third-order valence-corrected chi connectivity index (χ3v) is 1.95. The van der Waals surface area contributed by atoms with Gasteiger partial charge in [0.15, 0.2) is 0 Å². The molecule has 7 heavy (non-hydrogen) atoms. The van der Waals surface area contributed by atoms with Crippen molar-refractivity contribution in [3.05, 3.63) is 0 Å². The van der Waals surface area contributed by atoms with Gasteiger partial charge >= 0.3 is 0 Å². The second-order valence-electron chi connectivity index (χ2n) is 1.19. The molecule has 0 amide bonds. The van der Waals surface area contributed by atoms with Gasteiger partial charge in [-0.3, -0.25) is 5.84 Å². The summed E-state index contributed by atoms with van der Waals surface area (Å²) in [6.45, 7) is 0.225. The molecule has 0 saturated carbocycles. The van der Waals surface area contributed by atoms with Crippen molar-refractivity contribution in [1.29, 1.82) is 0 Å². The van der Waals surface area contributed by atoms with Crippen LogP contribution in [0.2, 0.25) is 0 Å². The Morgan fingerprint density at radius 3 is 2.14 bits per heavy atom. The molecule has 1 aliphatic rings. The van der Waals surface area contributed by atoms with E-state index >= 15 is 0 Å². The van der Waals surface area contributed by atoms with Gasteiger partial charge in [-0.15, -0.1) is 4.41 Å². The van der Waals surface area contributed by atoms with Crippen LogP contribution in [0.3, 0.4) is 0 Å². The number of hydrogen-bond donors (Lipinski definition) is 2. The molecule has 0 aromatic heterocycles. The zero-order valence-electron chi connectivity index (χ0n) is 3.46. The standard InChI is InChI=1S/CH5N3O2S/c2-4-1-3-7(4,5)6/h3H,1-2H2. The Kier molecular flexibility index (Phi) is 0.824. The van der Waals surface area contributed by atoms with Crippen LogP contribution < -0.4 is 10.6 Å². The summed E-state index contributed by atoms with van der Waals surface area (Å²) in [6.07, 6.45) is 0. The number of hydrazine groups is 1. The van der Waals surface area contributed by atoms with Crippen molar-refractivity contribution >= 4 is 10.2 Å². The molecule has 3 N–H and O–H groups in total. The van der Waals surface area contributed by atoms with Crippen LogP contribution in [0.5, 0.6) is 0 Å². The number of rotatable bonds is 0. The maximum absolute atomic E-state index is 10.1. The van der Waals surface area contributed by atoms with Gasteiger partial charge < -0.3 is 0 Å². The number of nitrogens with two attached hydrogens (primary N) is 1. The summed E-state index contributed by atoms with van der Waals surface area (Å²) in [5.74, 6) is 4.84. The minimum absolute atomic E-state index is 0.225. The van der Waals surface area contributed by atoms with E-state index in [0.717, 1.165) is 4.41 Å². The van der Waals surface area contributed by atoms with Crippen LogP contribution in [-0.2, 0) is 10.2 Å². The lowest BCUT2D eigenvalue weighted by atomic mass is 11.2. The van der Waals surface area contributed by atoms with E-state index in [4.69, 9.17) is 5.84 Å². The highest BCUT2D eigenvalue weighted by Gasteiger charge is 2.27. The molecule has 0 unspecified atom stereocenters. The van der Waals surface area contributed by atoms with Crippen LogP contribution in [-0.4, -0.2) is 19.5 Å². The summed E-state index contributed by atoms with van der Waals surface area (Å²) < 4.78 is 23.1. The van der Waals surface area contributed by atoms with Gasteiger partial charge in [0.1, 0.15) is 0 Å². The predicted molar refractivity (Wildman–Crippen MR) is 22.9 cm³/mol. The van der Waals surface area contributed by atoms with E-state index < -0.39 is 10.2 Å². The van der Waals surface area contributed by atoms with E-state index in [1.165, 1.54) is 0 Å². The molecule has 5 nitrogen and oxygen atoms in total. The molecule has 1 fully saturated rings. The molecule has 1 aliphatic heterocycles. The molecule has 42 valence electrons. The van der Waals surface area contributed by atoms with Crippen LogP contribution in [0.15, 0.2) is 0 Å². The third kappa shape index (κ3) is 0.611. The quantitative estimate of drug-likeness (QED) is 0.365. The second-order valence-corrected chi connectivity index (χ2v) is 2.90. The summed E-state index contributed by atoms with van der Waals surface area (Å²) in [5.41, 5.74) is 0. The molecule has 0 aromatic carbocycles. The van der Waals surface area contributed by atoms with Crippen molar-refractivity contribution < 1.29 is 8.42 Å². The lowest BCUT2D eigenvalue weighted by Crippen LogP contribution is -2.60. The first kappa shape index (κ1) is 4.98. The minimum Gasteiger partial charge on any atom is -0.253 e. The monoisotopic (exact) mass is 123 g/mol. The molecule has 0 aromatic rings. The SMILES string of the molecule is NN1CNS1(=O)=O. The molecule has 0 radical (unpaired) electrons. The Hall–Kier alpha value is -0.170. The first-order chi connectivity index (χ1) is 3.13. The summed E-state index contributed by atoms with van der Waals surface area (Å²) >= 11 is 0. The Morgan fingerprint density at radius 2 is 2.14 bits per heavy atom. The minimum atomic E-state index is -3.20. The highest BCUT2D eigenvalue weighted by Crippen LogP contribution is 1.96. The molecule has 0 aliphatic carbocycles. The van der Waals surface area contributed by atoms with Gasteiger partial charge in [-0.1, -0.05) is 0 Å². The normalized spacial score (nSPS) is 29.3. The van der Waals surface area contributed by atoms with Crippen LogP contribution >= 0.6 is 0 Å². The van der Waals surface area contributed by atoms with Crippen molar-refractivity contribution in [2.75, 3.05) is 6.67 Å². The molecule has 1 heterocycles. The fraction of sp³-hybridized carbons (Fsp3) is 1.00. The summed E-state index contributed by atoms with van der Waals surface area (Å²) in [7, 11) is -3.20. The first-order valence-corrected chi connectivity index (χ1v) is 3.09. The Bertz CT molecular complexity index is 160. The average molecular weight is 123 g/mol. The highest BCUT2D eigenvalue weighted by molar-refractivity contribution is 7.88. The molecule has 0 bridgehead atoms. The average Bonchev–Trinajstić information content (AvgIpc) is 1.63. The second kappa shape index (κ2) is 1.16. The summed E-state index contributed by atoms with van der Waals surface area (Å²) in [6, 6.07) is 0. The fourth-order valence-corrected chi connectivity index (χ4v) is 0.733. The van der Waals surface area contributed by atoms with E-state index in [2.05, 4.69) is 4.72 Å². The fourth-order valence-electron chi connectivity index (χ4n) is 0.244. The first-order valence-electron chi connectivity index (χ1n) is 1.65. The van der Waals surface area contributed by atoms with Crippen LogP contribution in [0.1, 0.15) is 0 Å². The topological polar surface area (TPSA) is 75.4 Å².